The van der Waals surface area contributed by atoms with Gasteiger partial charge < -0.3 is 5.73 Å². The van der Waals surface area contributed by atoms with Gasteiger partial charge in [-0.2, -0.15) is 0 Å². The first-order chi connectivity index (χ1) is 4.20. The number of nitrogen functional groups attached to an aromatic ring is 1. The Labute approximate surface area is 62.6 Å². The molecular weight excluding hydrogens is 159 g/mol. The molecule has 0 aliphatic heterocycles. The van der Waals surface area contributed by atoms with Crippen LogP contribution in [0.2, 0.25) is 10.2 Å². The Kier molecular flexibility index (Phi) is 1.78. The lowest BCUT2D eigenvalue weighted by Gasteiger charge is -1.93. The molecule has 47 valence electrons. The molecule has 0 atom stereocenters. The average molecular weight is 162 g/mol. The molecule has 1 heterocycles. The fourth-order valence-electron chi connectivity index (χ4n) is 0.391. The standard InChI is InChI=1S/C5H3Cl2N2/c6-3-2-9-5(7)1-4(3)8/h1H,(H2,8,9). The van der Waals surface area contributed by atoms with E-state index < -0.39 is 0 Å². The normalized spacial score (nSPS) is 9.56. The maximum atomic E-state index is 5.48. The summed E-state index contributed by atoms with van der Waals surface area (Å²) in [6.45, 7) is 0. The Morgan fingerprint density at radius 1 is 1.56 bits per heavy atom. The van der Waals surface area contributed by atoms with Crippen LogP contribution in [-0.4, -0.2) is 4.98 Å². The van der Waals surface area contributed by atoms with E-state index in [2.05, 4.69) is 11.2 Å². The number of anilines is 1. The summed E-state index contributed by atoms with van der Waals surface area (Å²) in [5, 5.41) is 0.608. The van der Waals surface area contributed by atoms with Crippen LogP contribution in [-0.2, 0) is 0 Å². The van der Waals surface area contributed by atoms with Gasteiger partial charge in [-0.15, -0.1) is 0 Å². The van der Waals surface area contributed by atoms with Crippen LogP contribution in [0, 0.1) is 6.20 Å². The quantitative estimate of drug-likeness (QED) is 0.590. The van der Waals surface area contributed by atoms with Gasteiger partial charge in [0.2, 0.25) is 0 Å². The van der Waals surface area contributed by atoms with Gasteiger partial charge in [-0.05, 0) is 6.07 Å². The average Bonchev–Trinajstić information content (AvgIpc) is 1.80. The summed E-state index contributed by atoms with van der Waals surface area (Å²) >= 11 is 10.9. The number of hydrogen-bond acceptors (Lipinski definition) is 2. The zero-order valence-corrected chi connectivity index (χ0v) is 5.87. The number of aromatic nitrogens is 1. The second kappa shape index (κ2) is 2.42. The van der Waals surface area contributed by atoms with E-state index in [1.807, 2.05) is 0 Å². The number of nitrogens with two attached hydrogens (primary N) is 1. The summed E-state index contributed by atoms with van der Waals surface area (Å²) in [6, 6.07) is 1.47. The lowest BCUT2D eigenvalue weighted by Crippen LogP contribution is -1.87. The SMILES string of the molecule is Nc1cc(Cl)n[c]c1Cl. The molecule has 0 saturated heterocycles. The van der Waals surface area contributed by atoms with Gasteiger partial charge in [0.1, 0.15) is 11.3 Å². The number of rotatable bonds is 0. The fraction of sp³-hybridized carbons (Fsp3) is 0. The van der Waals surface area contributed by atoms with Gasteiger partial charge in [0.05, 0.1) is 10.7 Å². The predicted octanol–water partition coefficient (Wildman–Crippen LogP) is 1.77. The van der Waals surface area contributed by atoms with Gasteiger partial charge in [-0.1, -0.05) is 23.2 Å². The first-order valence-corrected chi connectivity index (χ1v) is 2.95. The van der Waals surface area contributed by atoms with E-state index in [1.165, 1.54) is 6.07 Å². The Hall–Kier alpha value is -0.470. The van der Waals surface area contributed by atoms with Crippen LogP contribution in [0.5, 0.6) is 0 Å². The van der Waals surface area contributed by atoms with Crippen molar-refractivity contribution in [2.75, 3.05) is 5.73 Å². The predicted molar refractivity (Wildman–Crippen MR) is 37.5 cm³/mol. The largest absolute Gasteiger partial charge is 0.397 e. The van der Waals surface area contributed by atoms with Crippen molar-refractivity contribution in [1.82, 2.24) is 4.98 Å². The maximum absolute atomic E-state index is 5.48. The van der Waals surface area contributed by atoms with Gasteiger partial charge in [0, 0.05) is 0 Å². The van der Waals surface area contributed by atoms with Gasteiger partial charge in [-0.3, -0.25) is 0 Å². The highest BCUT2D eigenvalue weighted by molar-refractivity contribution is 6.34. The minimum absolute atomic E-state index is 0.303. The van der Waals surface area contributed by atoms with Crippen LogP contribution in [0.4, 0.5) is 5.69 Å². The first-order valence-electron chi connectivity index (χ1n) is 2.19. The highest BCUT2D eigenvalue weighted by atomic mass is 35.5. The summed E-state index contributed by atoms with van der Waals surface area (Å²) in [5.74, 6) is 0. The molecule has 0 fully saturated rings. The number of hydrogen-bond donors (Lipinski definition) is 1. The minimum Gasteiger partial charge on any atom is -0.397 e. The molecule has 2 N–H and O–H groups in total. The highest BCUT2D eigenvalue weighted by Gasteiger charge is 1.95. The zero-order valence-electron chi connectivity index (χ0n) is 4.36. The van der Waals surface area contributed by atoms with Gasteiger partial charge in [-0.25, -0.2) is 4.98 Å². The van der Waals surface area contributed by atoms with Gasteiger partial charge >= 0.3 is 0 Å². The van der Waals surface area contributed by atoms with Crippen LogP contribution in [0.1, 0.15) is 0 Å². The Balaban J connectivity index is 3.17. The zero-order chi connectivity index (χ0) is 6.85. The smallest absolute Gasteiger partial charge is 0.132 e. The van der Waals surface area contributed by atoms with Crippen molar-refractivity contribution < 1.29 is 0 Å². The van der Waals surface area contributed by atoms with E-state index in [0.29, 0.717) is 15.9 Å². The van der Waals surface area contributed by atoms with Gasteiger partial charge in [0.25, 0.3) is 0 Å². The lowest BCUT2D eigenvalue weighted by molar-refractivity contribution is 1.31. The second-order valence-electron chi connectivity index (χ2n) is 1.46. The topological polar surface area (TPSA) is 38.9 Å². The molecule has 0 aromatic carbocycles. The third kappa shape index (κ3) is 1.47. The molecule has 1 aromatic heterocycles. The van der Waals surface area contributed by atoms with Gasteiger partial charge in [0.15, 0.2) is 0 Å². The summed E-state index contributed by atoms with van der Waals surface area (Å²) in [7, 11) is 0. The van der Waals surface area contributed by atoms with E-state index in [9.17, 15) is 0 Å². The molecule has 0 aliphatic carbocycles. The summed E-state index contributed by atoms with van der Waals surface area (Å²) in [4.78, 5) is 3.57. The van der Waals surface area contributed by atoms with Crippen LogP contribution < -0.4 is 5.73 Å². The summed E-state index contributed by atoms with van der Waals surface area (Å²) < 4.78 is 0. The Morgan fingerprint density at radius 2 is 2.22 bits per heavy atom. The van der Waals surface area contributed by atoms with Crippen molar-refractivity contribution in [3.05, 3.63) is 22.4 Å². The lowest BCUT2D eigenvalue weighted by atomic mass is 10.4. The maximum Gasteiger partial charge on any atom is 0.132 e. The fourth-order valence-corrected chi connectivity index (χ4v) is 0.648. The van der Waals surface area contributed by atoms with E-state index in [1.54, 1.807) is 0 Å². The van der Waals surface area contributed by atoms with Crippen molar-refractivity contribution in [2.24, 2.45) is 0 Å². The molecule has 0 saturated carbocycles. The number of halogens is 2. The molecule has 0 unspecified atom stereocenters. The Bertz CT molecular complexity index is 224. The monoisotopic (exact) mass is 161 g/mol. The second-order valence-corrected chi connectivity index (χ2v) is 2.23. The van der Waals surface area contributed by atoms with Crippen LogP contribution >= 0.6 is 23.2 Å². The number of pyridine rings is 1. The number of nitrogens with zero attached hydrogens (tertiary/aromatic N) is 1. The van der Waals surface area contributed by atoms with E-state index in [0.717, 1.165) is 0 Å². The van der Waals surface area contributed by atoms with Crippen LogP contribution in [0.15, 0.2) is 6.07 Å². The Morgan fingerprint density at radius 3 is 2.67 bits per heavy atom. The molecule has 9 heavy (non-hydrogen) atoms. The van der Waals surface area contributed by atoms with E-state index in [-0.39, 0.29) is 0 Å². The molecular formula is C5H3Cl2N2. The molecule has 2 nitrogen and oxygen atoms in total. The molecule has 1 rings (SSSR count). The highest BCUT2D eigenvalue weighted by Crippen LogP contribution is 2.18. The minimum atomic E-state index is 0.303. The van der Waals surface area contributed by atoms with Crippen molar-refractivity contribution in [1.29, 1.82) is 0 Å². The molecule has 0 aliphatic rings. The molecule has 0 bridgehead atoms. The van der Waals surface area contributed by atoms with Crippen molar-refractivity contribution >= 4 is 28.9 Å². The van der Waals surface area contributed by atoms with Crippen LogP contribution in [0.3, 0.4) is 0 Å². The van der Waals surface area contributed by atoms with Crippen molar-refractivity contribution in [2.45, 2.75) is 0 Å². The van der Waals surface area contributed by atoms with Crippen molar-refractivity contribution in [3.63, 3.8) is 0 Å². The molecule has 0 spiro atoms. The molecule has 0 amide bonds. The molecule has 1 radical (unpaired) electrons. The van der Waals surface area contributed by atoms with E-state index in [4.69, 9.17) is 28.9 Å². The third-order valence-corrected chi connectivity index (χ3v) is 1.29. The van der Waals surface area contributed by atoms with Crippen molar-refractivity contribution in [3.8, 4) is 0 Å². The van der Waals surface area contributed by atoms with Crippen LogP contribution in [0.25, 0.3) is 0 Å². The molecule has 1 aromatic rings. The molecule has 4 heteroatoms. The van der Waals surface area contributed by atoms with E-state index >= 15 is 0 Å². The summed E-state index contributed by atoms with van der Waals surface area (Å²) in [5.41, 5.74) is 5.73. The first kappa shape index (κ1) is 6.65. The summed E-state index contributed by atoms with van der Waals surface area (Å²) in [6.07, 6.45) is 2.43. The third-order valence-electron chi connectivity index (χ3n) is 0.789.